The molecule has 0 fully saturated rings. The third-order valence-corrected chi connectivity index (χ3v) is 3.68. The summed E-state index contributed by atoms with van der Waals surface area (Å²) in [6, 6.07) is 8.27. The molecule has 1 amide bonds. The third kappa shape index (κ3) is 3.12. The Morgan fingerprint density at radius 1 is 1.17 bits per heavy atom. The van der Waals surface area contributed by atoms with Crippen molar-refractivity contribution in [2.24, 2.45) is 0 Å². The number of hydrogen-bond acceptors (Lipinski definition) is 1. The van der Waals surface area contributed by atoms with E-state index in [1.165, 1.54) is 31.2 Å². The lowest BCUT2D eigenvalue weighted by molar-refractivity contribution is -0.118. The minimum Gasteiger partial charge on any atom is -0.312 e. The van der Waals surface area contributed by atoms with Crippen LogP contribution in [0.15, 0.2) is 24.3 Å². The smallest absolute Gasteiger partial charge is 0.226 e. The van der Waals surface area contributed by atoms with Gasteiger partial charge in [-0.25, -0.2) is 0 Å². The predicted molar refractivity (Wildman–Crippen MR) is 75.9 cm³/mol. The summed E-state index contributed by atoms with van der Waals surface area (Å²) in [4.78, 5) is 14.1. The van der Waals surface area contributed by atoms with Gasteiger partial charge in [0.2, 0.25) is 5.91 Å². The van der Waals surface area contributed by atoms with Crippen molar-refractivity contribution in [3.63, 3.8) is 0 Å². The van der Waals surface area contributed by atoms with Gasteiger partial charge in [0.05, 0.1) is 0 Å². The lowest BCUT2D eigenvalue weighted by Gasteiger charge is -2.17. The average Bonchev–Trinajstić information content (AvgIpc) is 2.82. The van der Waals surface area contributed by atoms with Gasteiger partial charge < -0.3 is 4.90 Å². The molecule has 1 heterocycles. The number of para-hydroxylation sites is 1. The van der Waals surface area contributed by atoms with Crippen molar-refractivity contribution in [3.8, 4) is 0 Å². The van der Waals surface area contributed by atoms with Crippen molar-refractivity contribution in [2.75, 3.05) is 11.4 Å². The molecule has 0 atom stereocenters. The maximum Gasteiger partial charge on any atom is 0.226 e. The van der Waals surface area contributed by atoms with Crippen LogP contribution in [0.1, 0.15) is 51.0 Å². The molecule has 0 bridgehead atoms. The summed E-state index contributed by atoms with van der Waals surface area (Å²) in [7, 11) is 0. The van der Waals surface area contributed by atoms with E-state index < -0.39 is 0 Å². The number of rotatable bonds is 6. The highest BCUT2D eigenvalue weighted by atomic mass is 16.2. The van der Waals surface area contributed by atoms with Crippen LogP contribution in [0.5, 0.6) is 0 Å². The molecule has 2 heteroatoms. The summed E-state index contributed by atoms with van der Waals surface area (Å²) >= 11 is 0. The predicted octanol–water partition coefficient (Wildman–Crippen LogP) is 3.94. The molecule has 98 valence electrons. The van der Waals surface area contributed by atoms with E-state index in [1.807, 2.05) is 11.0 Å². The lowest BCUT2D eigenvalue weighted by atomic mass is 10.1. The molecule has 1 aliphatic rings. The van der Waals surface area contributed by atoms with Crippen molar-refractivity contribution >= 4 is 11.6 Å². The Morgan fingerprint density at radius 2 is 1.94 bits per heavy atom. The zero-order valence-corrected chi connectivity index (χ0v) is 11.3. The molecule has 0 unspecified atom stereocenters. The van der Waals surface area contributed by atoms with Crippen LogP contribution in [-0.4, -0.2) is 12.5 Å². The van der Waals surface area contributed by atoms with Gasteiger partial charge in [-0.2, -0.15) is 0 Å². The molecule has 0 N–H and O–H groups in total. The number of carbonyl (C=O) groups excluding carboxylic acids is 1. The van der Waals surface area contributed by atoms with Crippen LogP contribution >= 0.6 is 0 Å². The fourth-order valence-electron chi connectivity index (χ4n) is 2.61. The molecule has 18 heavy (non-hydrogen) atoms. The summed E-state index contributed by atoms with van der Waals surface area (Å²) in [5, 5.41) is 0. The van der Waals surface area contributed by atoms with Crippen molar-refractivity contribution in [2.45, 2.75) is 51.9 Å². The SMILES string of the molecule is CCCCCCCC(=O)N1CCc2ccccc21. The van der Waals surface area contributed by atoms with Gasteiger partial charge in [-0.05, 0) is 24.5 Å². The Hall–Kier alpha value is -1.31. The first-order valence-electron chi connectivity index (χ1n) is 7.21. The summed E-state index contributed by atoms with van der Waals surface area (Å²) in [5.74, 6) is 0.302. The van der Waals surface area contributed by atoms with Gasteiger partial charge in [0.1, 0.15) is 0 Å². The van der Waals surface area contributed by atoms with Gasteiger partial charge in [0, 0.05) is 18.7 Å². The van der Waals surface area contributed by atoms with Crippen LogP contribution in [0.3, 0.4) is 0 Å². The van der Waals surface area contributed by atoms with E-state index in [-0.39, 0.29) is 0 Å². The second kappa shape index (κ2) is 6.58. The summed E-state index contributed by atoms with van der Waals surface area (Å²) in [6.07, 6.45) is 7.76. The quantitative estimate of drug-likeness (QED) is 0.695. The number of nitrogens with zero attached hydrogens (tertiary/aromatic N) is 1. The molecule has 0 aromatic heterocycles. The minimum atomic E-state index is 0.302. The largest absolute Gasteiger partial charge is 0.312 e. The first kappa shape index (κ1) is 13.1. The van der Waals surface area contributed by atoms with Crippen LogP contribution in [0.25, 0.3) is 0 Å². The molecule has 1 aromatic carbocycles. The Bertz CT molecular complexity index is 400. The van der Waals surface area contributed by atoms with Gasteiger partial charge in [-0.3, -0.25) is 4.79 Å². The Balaban J connectivity index is 1.80. The fraction of sp³-hybridized carbons (Fsp3) is 0.562. The van der Waals surface area contributed by atoms with E-state index in [1.54, 1.807) is 0 Å². The topological polar surface area (TPSA) is 20.3 Å². The molecule has 1 aliphatic heterocycles. The maximum absolute atomic E-state index is 12.2. The zero-order valence-electron chi connectivity index (χ0n) is 11.3. The van der Waals surface area contributed by atoms with Crippen LogP contribution in [0.4, 0.5) is 5.69 Å². The van der Waals surface area contributed by atoms with E-state index in [4.69, 9.17) is 0 Å². The lowest BCUT2D eigenvalue weighted by Crippen LogP contribution is -2.28. The highest BCUT2D eigenvalue weighted by Crippen LogP contribution is 2.28. The number of benzene rings is 1. The van der Waals surface area contributed by atoms with Gasteiger partial charge >= 0.3 is 0 Å². The minimum absolute atomic E-state index is 0.302. The molecule has 1 aromatic rings. The fourth-order valence-corrected chi connectivity index (χ4v) is 2.61. The molecule has 0 saturated carbocycles. The highest BCUT2D eigenvalue weighted by Gasteiger charge is 2.23. The molecule has 2 nitrogen and oxygen atoms in total. The highest BCUT2D eigenvalue weighted by molar-refractivity contribution is 5.95. The molecule has 0 spiro atoms. The van der Waals surface area contributed by atoms with Crippen LogP contribution in [0.2, 0.25) is 0 Å². The van der Waals surface area contributed by atoms with Crippen LogP contribution < -0.4 is 4.90 Å². The first-order chi connectivity index (χ1) is 8.83. The number of amides is 1. The molecule has 0 radical (unpaired) electrons. The number of unbranched alkanes of at least 4 members (excludes halogenated alkanes) is 4. The molecular formula is C16H23NO. The Morgan fingerprint density at radius 3 is 2.78 bits per heavy atom. The van der Waals surface area contributed by atoms with Crippen molar-refractivity contribution < 1.29 is 4.79 Å². The van der Waals surface area contributed by atoms with E-state index in [2.05, 4.69) is 25.1 Å². The van der Waals surface area contributed by atoms with E-state index in [9.17, 15) is 4.79 Å². The van der Waals surface area contributed by atoms with Gasteiger partial charge in [-0.15, -0.1) is 0 Å². The average molecular weight is 245 g/mol. The third-order valence-electron chi connectivity index (χ3n) is 3.68. The zero-order chi connectivity index (χ0) is 12.8. The van der Waals surface area contributed by atoms with Gasteiger partial charge in [0.15, 0.2) is 0 Å². The normalized spacial score (nSPS) is 13.7. The number of carbonyl (C=O) groups is 1. The second-order valence-corrected chi connectivity index (χ2v) is 5.09. The molecule has 2 rings (SSSR count). The van der Waals surface area contributed by atoms with E-state index in [0.717, 1.165) is 25.1 Å². The summed E-state index contributed by atoms with van der Waals surface area (Å²) in [6.45, 7) is 3.08. The van der Waals surface area contributed by atoms with E-state index >= 15 is 0 Å². The van der Waals surface area contributed by atoms with Crippen molar-refractivity contribution in [1.82, 2.24) is 0 Å². The van der Waals surface area contributed by atoms with Crippen molar-refractivity contribution in [1.29, 1.82) is 0 Å². The number of fused-ring (bicyclic) bond motifs is 1. The standard InChI is InChI=1S/C16H23NO/c1-2-3-4-5-6-11-16(18)17-13-12-14-9-7-8-10-15(14)17/h7-10H,2-6,11-13H2,1H3. The Kier molecular flexibility index (Phi) is 4.80. The number of hydrogen-bond donors (Lipinski definition) is 0. The van der Waals surface area contributed by atoms with E-state index in [0.29, 0.717) is 12.3 Å². The number of anilines is 1. The van der Waals surface area contributed by atoms with Crippen LogP contribution in [-0.2, 0) is 11.2 Å². The van der Waals surface area contributed by atoms with Crippen LogP contribution in [0, 0.1) is 0 Å². The molecule has 0 aliphatic carbocycles. The second-order valence-electron chi connectivity index (χ2n) is 5.09. The monoisotopic (exact) mass is 245 g/mol. The van der Waals surface area contributed by atoms with Gasteiger partial charge in [0.25, 0.3) is 0 Å². The first-order valence-corrected chi connectivity index (χ1v) is 7.21. The molecule has 0 saturated heterocycles. The maximum atomic E-state index is 12.2. The van der Waals surface area contributed by atoms with Gasteiger partial charge in [-0.1, -0.05) is 50.8 Å². The van der Waals surface area contributed by atoms with Crippen molar-refractivity contribution in [3.05, 3.63) is 29.8 Å². The Labute approximate surface area is 110 Å². The summed E-state index contributed by atoms with van der Waals surface area (Å²) in [5.41, 5.74) is 2.45. The summed E-state index contributed by atoms with van der Waals surface area (Å²) < 4.78 is 0. The molecular weight excluding hydrogens is 222 g/mol.